The lowest BCUT2D eigenvalue weighted by Gasteiger charge is -1.98. The van der Waals surface area contributed by atoms with Gasteiger partial charge in [-0.3, -0.25) is 4.98 Å². The number of methoxy groups -OCH3 is 1. The maximum Gasteiger partial charge on any atom is 0.213 e. The van der Waals surface area contributed by atoms with Crippen LogP contribution < -0.4 is 4.74 Å². The lowest BCUT2D eigenvalue weighted by Crippen LogP contribution is -1.88. The van der Waals surface area contributed by atoms with E-state index in [0.29, 0.717) is 5.88 Å². The van der Waals surface area contributed by atoms with Gasteiger partial charge in [-0.2, -0.15) is 0 Å². The smallest absolute Gasteiger partial charge is 0.213 e. The first-order valence-electron chi connectivity index (χ1n) is 3.57. The molecule has 0 atom stereocenters. The minimum absolute atomic E-state index is 0.590. The van der Waals surface area contributed by atoms with Crippen molar-refractivity contribution in [3.05, 3.63) is 30.5 Å². The standard InChI is InChI=1S/C9H7N2O/c1-12-9-5-4-7-8(11-9)3-2-6-10-7/h2,4-6H,1H3. The lowest BCUT2D eigenvalue weighted by molar-refractivity contribution is 0.399. The van der Waals surface area contributed by atoms with Crippen LogP contribution in [-0.4, -0.2) is 17.1 Å². The average Bonchev–Trinajstić information content (AvgIpc) is 2.17. The van der Waals surface area contributed by atoms with Gasteiger partial charge < -0.3 is 4.74 Å². The van der Waals surface area contributed by atoms with Crippen molar-refractivity contribution in [2.24, 2.45) is 0 Å². The number of fused-ring (bicyclic) bond motifs is 1. The summed E-state index contributed by atoms with van der Waals surface area (Å²) in [6, 6.07) is 8.34. The van der Waals surface area contributed by atoms with Gasteiger partial charge in [0.2, 0.25) is 5.88 Å². The highest BCUT2D eigenvalue weighted by atomic mass is 16.5. The number of nitrogens with zero attached hydrogens (tertiary/aromatic N) is 2. The first-order chi connectivity index (χ1) is 5.90. The Bertz CT molecular complexity index is 400. The second kappa shape index (κ2) is 2.77. The third-order valence-corrected chi connectivity index (χ3v) is 1.57. The summed E-state index contributed by atoms with van der Waals surface area (Å²) in [4.78, 5) is 8.26. The highest BCUT2D eigenvalue weighted by Gasteiger charge is 1.96. The Morgan fingerprint density at radius 3 is 3.17 bits per heavy atom. The highest BCUT2D eigenvalue weighted by Crippen LogP contribution is 2.12. The van der Waals surface area contributed by atoms with Crippen LogP contribution in [0.15, 0.2) is 24.4 Å². The van der Waals surface area contributed by atoms with E-state index < -0.39 is 0 Å². The zero-order chi connectivity index (χ0) is 8.39. The molecule has 0 aliphatic carbocycles. The normalized spacial score (nSPS) is 10.1. The van der Waals surface area contributed by atoms with E-state index in [0.717, 1.165) is 11.0 Å². The largest absolute Gasteiger partial charge is 0.481 e. The molecule has 0 N–H and O–H groups in total. The molecule has 0 saturated carbocycles. The third-order valence-electron chi connectivity index (χ3n) is 1.57. The fourth-order valence-electron chi connectivity index (χ4n) is 0.992. The van der Waals surface area contributed by atoms with Crippen LogP contribution in [-0.2, 0) is 0 Å². The summed E-state index contributed by atoms with van der Waals surface area (Å²) in [6.45, 7) is 0. The first-order valence-corrected chi connectivity index (χ1v) is 3.57. The van der Waals surface area contributed by atoms with Gasteiger partial charge in [-0.05, 0) is 12.1 Å². The summed E-state index contributed by atoms with van der Waals surface area (Å²) in [6.07, 6.45) is 1.69. The van der Waals surface area contributed by atoms with E-state index in [1.165, 1.54) is 0 Å². The van der Waals surface area contributed by atoms with E-state index in [9.17, 15) is 0 Å². The van der Waals surface area contributed by atoms with Crippen LogP contribution in [0.4, 0.5) is 0 Å². The van der Waals surface area contributed by atoms with Gasteiger partial charge in [0.25, 0.3) is 0 Å². The number of ether oxygens (including phenoxy) is 1. The Kier molecular flexibility index (Phi) is 1.63. The first kappa shape index (κ1) is 7.03. The van der Waals surface area contributed by atoms with Gasteiger partial charge >= 0.3 is 0 Å². The van der Waals surface area contributed by atoms with Crippen LogP contribution in [0, 0.1) is 6.07 Å². The zero-order valence-corrected chi connectivity index (χ0v) is 6.61. The third kappa shape index (κ3) is 1.09. The molecule has 2 heterocycles. The van der Waals surface area contributed by atoms with E-state index in [1.54, 1.807) is 25.4 Å². The quantitative estimate of drug-likeness (QED) is 0.631. The molecule has 0 bridgehead atoms. The molecule has 2 aromatic heterocycles. The molecular weight excluding hydrogens is 152 g/mol. The maximum absolute atomic E-state index is 4.96. The Hall–Kier alpha value is -1.64. The molecule has 0 unspecified atom stereocenters. The molecule has 3 nitrogen and oxygen atoms in total. The Morgan fingerprint density at radius 1 is 1.42 bits per heavy atom. The molecule has 2 aromatic rings. The van der Waals surface area contributed by atoms with Crippen molar-refractivity contribution in [3.8, 4) is 5.88 Å². The molecular formula is C9H7N2O. The van der Waals surface area contributed by atoms with E-state index in [4.69, 9.17) is 4.74 Å². The predicted octanol–water partition coefficient (Wildman–Crippen LogP) is 1.44. The number of pyridine rings is 2. The van der Waals surface area contributed by atoms with Crippen LogP contribution in [0.3, 0.4) is 0 Å². The number of aromatic nitrogens is 2. The van der Waals surface area contributed by atoms with Crippen molar-refractivity contribution in [2.75, 3.05) is 7.11 Å². The fourth-order valence-corrected chi connectivity index (χ4v) is 0.992. The molecule has 0 saturated heterocycles. The maximum atomic E-state index is 4.96. The van der Waals surface area contributed by atoms with E-state index >= 15 is 0 Å². The fraction of sp³-hybridized carbons (Fsp3) is 0.111. The SMILES string of the molecule is COc1ccc2ncc[c]c2n1. The molecule has 1 radical (unpaired) electrons. The van der Waals surface area contributed by atoms with Crippen LogP contribution in [0.2, 0.25) is 0 Å². The van der Waals surface area contributed by atoms with Crippen molar-refractivity contribution in [1.82, 2.24) is 9.97 Å². The van der Waals surface area contributed by atoms with Crippen molar-refractivity contribution < 1.29 is 4.74 Å². The summed E-state index contributed by atoms with van der Waals surface area (Å²) in [5.74, 6) is 0.590. The van der Waals surface area contributed by atoms with Crippen LogP contribution >= 0.6 is 0 Å². The molecule has 59 valence electrons. The van der Waals surface area contributed by atoms with Gasteiger partial charge in [-0.25, -0.2) is 4.98 Å². The van der Waals surface area contributed by atoms with Crippen molar-refractivity contribution in [3.63, 3.8) is 0 Å². The lowest BCUT2D eigenvalue weighted by atomic mass is 10.3. The van der Waals surface area contributed by atoms with Gasteiger partial charge in [0, 0.05) is 18.3 Å². The Morgan fingerprint density at radius 2 is 2.33 bits per heavy atom. The number of hydrogen-bond donors (Lipinski definition) is 0. The van der Waals surface area contributed by atoms with Crippen molar-refractivity contribution in [1.29, 1.82) is 0 Å². The summed E-state index contributed by atoms with van der Waals surface area (Å²) >= 11 is 0. The van der Waals surface area contributed by atoms with Gasteiger partial charge in [-0.15, -0.1) is 0 Å². The van der Waals surface area contributed by atoms with E-state index in [-0.39, 0.29) is 0 Å². The van der Waals surface area contributed by atoms with Crippen LogP contribution in [0.1, 0.15) is 0 Å². The summed E-state index contributed by atoms with van der Waals surface area (Å²) in [5, 5.41) is 0. The Labute approximate surface area is 70.0 Å². The summed E-state index contributed by atoms with van der Waals surface area (Å²) < 4.78 is 4.96. The Balaban J connectivity index is 2.67. The highest BCUT2D eigenvalue weighted by molar-refractivity contribution is 5.73. The predicted molar refractivity (Wildman–Crippen MR) is 44.9 cm³/mol. The number of hydrogen-bond acceptors (Lipinski definition) is 3. The number of rotatable bonds is 1. The molecule has 3 heteroatoms. The van der Waals surface area contributed by atoms with Gasteiger partial charge in [0.15, 0.2) is 0 Å². The molecule has 0 aliphatic rings. The van der Waals surface area contributed by atoms with Crippen molar-refractivity contribution >= 4 is 11.0 Å². The minimum atomic E-state index is 0.590. The topological polar surface area (TPSA) is 35.0 Å². The average molecular weight is 159 g/mol. The van der Waals surface area contributed by atoms with Crippen molar-refractivity contribution in [2.45, 2.75) is 0 Å². The summed E-state index contributed by atoms with van der Waals surface area (Å²) in [7, 11) is 1.59. The van der Waals surface area contributed by atoms with E-state index in [1.807, 2.05) is 6.07 Å². The van der Waals surface area contributed by atoms with Crippen LogP contribution in [0.5, 0.6) is 5.88 Å². The molecule has 12 heavy (non-hydrogen) atoms. The van der Waals surface area contributed by atoms with Gasteiger partial charge in [-0.1, -0.05) is 0 Å². The van der Waals surface area contributed by atoms with Gasteiger partial charge in [0.1, 0.15) is 5.52 Å². The monoisotopic (exact) mass is 159 g/mol. The molecule has 0 spiro atoms. The molecule has 0 fully saturated rings. The molecule has 2 rings (SSSR count). The second-order valence-electron chi connectivity index (χ2n) is 2.31. The zero-order valence-electron chi connectivity index (χ0n) is 6.61. The molecule has 0 aromatic carbocycles. The van der Waals surface area contributed by atoms with E-state index in [2.05, 4.69) is 16.0 Å². The molecule has 0 aliphatic heterocycles. The summed E-state index contributed by atoms with van der Waals surface area (Å²) in [5.41, 5.74) is 1.56. The van der Waals surface area contributed by atoms with Gasteiger partial charge in [0.05, 0.1) is 12.6 Å². The van der Waals surface area contributed by atoms with Crippen LogP contribution in [0.25, 0.3) is 11.0 Å². The second-order valence-corrected chi connectivity index (χ2v) is 2.31. The molecule has 0 amide bonds. The minimum Gasteiger partial charge on any atom is -0.481 e.